The highest BCUT2D eigenvalue weighted by molar-refractivity contribution is 5.91. The predicted octanol–water partition coefficient (Wildman–Crippen LogP) is 18.8. The zero-order valence-electron chi connectivity index (χ0n) is 65.3. The Morgan fingerprint density at radius 3 is 1.05 bits per heavy atom. The van der Waals surface area contributed by atoms with Crippen LogP contribution in [0.5, 0.6) is 11.5 Å². The standard InChI is InChI=1S/2C30H39NO5.C22H36O3.C8H4FNO2/c2*1-19-8-11-25-29(2,14-12-26-30(25,3)18-35-28(36-26)21-6-4-5-7-21)23(19)13-15-34-24-16-20(17-31)9-10-22(24)27(32)33;1-15-8-9-18-21(2,17(15)11-13-23)12-10-19-22(18,3)14-24-20(25-19)16-6-4-5-7-16;9-7-3-5(4-10)1-2-6(7)8(11)12/h2*9-10,16,21,23,25-26,28H,1,4-8,11-15,18H2,2-3H3,(H,32,33);16-20,23H,1,4-14H2,2-3H3;1-3H,(H,11,12)/t2*23-,25?,26-,28-,29+,30+;17-,18?,19-,20-,21+,22+;/m111./s1. The number of nitriles is 3. The third kappa shape index (κ3) is 16.5. The first-order chi connectivity index (χ1) is 52.2. The van der Waals surface area contributed by atoms with E-state index in [9.17, 15) is 44.6 Å². The molecular formula is C90H118FN3O15. The summed E-state index contributed by atoms with van der Waals surface area (Å²) in [5.74, 6) is 0.467. The maximum Gasteiger partial charge on any atom is 0.339 e. The van der Waals surface area contributed by atoms with Crippen LogP contribution >= 0.6 is 0 Å². The summed E-state index contributed by atoms with van der Waals surface area (Å²) in [6.45, 7) is 31.1. The average Bonchev–Trinajstić information content (AvgIpc) is 1.30. The van der Waals surface area contributed by atoms with Gasteiger partial charge in [-0.15, -0.1) is 0 Å². The summed E-state index contributed by atoms with van der Waals surface area (Å²) in [6.07, 6.45) is 31.5. The number of carboxylic acids is 3. The van der Waals surface area contributed by atoms with Gasteiger partial charge in [0.15, 0.2) is 18.9 Å². The first-order valence-electron chi connectivity index (χ1n) is 40.8. The van der Waals surface area contributed by atoms with Crippen LogP contribution in [-0.4, -0.2) is 115 Å². The number of aliphatic hydroxyl groups excluding tert-OH is 1. The molecule has 3 unspecified atom stereocenters. The number of aromatic carboxylic acids is 3. The highest BCUT2D eigenvalue weighted by Gasteiger charge is 2.64. The molecule has 3 heterocycles. The number of hydrogen-bond donors (Lipinski definition) is 4. The van der Waals surface area contributed by atoms with Crippen molar-refractivity contribution < 1.29 is 77.1 Å². The van der Waals surface area contributed by atoms with E-state index in [4.69, 9.17) is 48.3 Å². The Balaban J connectivity index is 0.000000143. The van der Waals surface area contributed by atoms with Crippen LogP contribution in [-0.2, 0) is 28.4 Å². The maximum absolute atomic E-state index is 12.8. The van der Waals surface area contributed by atoms with Gasteiger partial charge in [-0.3, -0.25) is 0 Å². The van der Waals surface area contributed by atoms with Gasteiger partial charge < -0.3 is 58.3 Å². The first kappa shape index (κ1) is 81.5. The average molecular weight is 1500 g/mol. The van der Waals surface area contributed by atoms with Gasteiger partial charge in [-0.25, -0.2) is 18.8 Å². The second kappa shape index (κ2) is 34.1. The molecule has 0 bridgehead atoms. The van der Waals surface area contributed by atoms with Crippen LogP contribution in [0.15, 0.2) is 91.1 Å². The van der Waals surface area contributed by atoms with E-state index < -0.39 is 29.3 Å². The van der Waals surface area contributed by atoms with Crippen LogP contribution in [0, 0.1) is 126 Å². The molecule has 0 aromatic heterocycles. The fourth-order valence-electron chi connectivity index (χ4n) is 23.8. The van der Waals surface area contributed by atoms with Gasteiger partial charge in [-0.05, 0) is 241 Å². The Hall–Kier alpha value is -6.99. The van der Waals surface area contributed by atoms with Gasteiger partial charge in [0, 0.05) is 40.6 Å². The number of fused-ring (bicyclic) bond motifs is 9. The molecule has 0 spiro atoms. The zero-order valence-corrected chi connectivity index (χ0v) is 65.3. The highest BCUT2D eigenvalue weighted by Crippen LogP contribution is 2.67. The molecule has 109 heavy (non-hydrogen) atoms. The van der Waals surface area contributed by atoms with Crippen molar-refractivity contribution in [2.24, 2.45) is 85.8 Å². The van der Waals surface area contributed by atoms with Crippen molar-refractivity contribution in [3.63, 3.8) is 0 Å². The number of carboxylic acid groups (broad SMARTS) is 3. The van der Waals surface area contributed by atoms with Crippen molar-refractivity contribution in [2.75, 3.05) is 39.6 Å². The summed E-state index contributed by atoms with van der Waals surface area (Å²) in [6, 6.07) is 18.0. The predicted molar refractivity (Wildman–Crippen MR) is 408 cm³/mol. The molecule has 12 aliphatic rings. The Labute approximate surface area is 645 Å². The number of rotatable bonds is 16. The van der Waals surface area contributed by atoms with Crippen LogP contribution in [0.2, 0.25) is 0 Å². The number of hydrogen-bond acceptors (Lipinski definition) is 15. The molecule has 12 fully saturated rings. The molecule has 15 rings (SSSR count). The minimum Gasteiger partial charge on any atom is -0.493 e. The van der Waals surface area contributed by atoms with Crippen LogP contribution < -0.4 is 9.47 Å². The van der Waals surface area contributed by atoms with E-state index >= 15 is 0 Å². The zero-order chi connectivity index (χ0) is 77.8. The molecule has 9 aliphatic carbocycles. The number of allylic oxidation sites excluding steroid dienone is 3. The molecule has 19 heteroatoms. The van der Waals surface area contributed by atoms with Gasteiger partial charge in [0.2, 0.25) is 0 Å². The fourth-order valence-corrected chi connectivity index (χ4v) is 23.8. The topological polar surface area (TPSA) is 277 Å². The van der Waals surface area contributed by atoms with E-state index in [-0.39, 0.29) is 110 Å². The van der Waals surface area contributed by atoms with E-state index in [1.165, 1.54) is 149 Å². The molecule has 3 aliphatic heterocycles. The van der Waals surface area contributed by atoms with E-state index in [2.05, 4.69) is 73.4 Å². The monoisotopic (exact) mass is 1500 g/mol. The largest absolute Gasteiger partial charge is 0.493 e. The van der Waals surface area contributed by atoms with Crippen molar-refractivity contribution in [1.82, 2.24) is 0 Å². The van der Waals surface area contributed by atoms with Crippen LogP contribution in [0.25, 0.3) is 0 Å². The van der Waals surface area contributed by atoms with Crippen LogP contribution in [0.4, 0.5) is 4.39 Å². The number of aliphatic hydroxyl groups is 1. The van der Waals surface area contributed by atoms with E-state index in [0.717, 1.165) is 115 Å². The molecule has 0 radical (unpaired) electrons. The SMILES string of the molecule is C=C1CCC2[C@]3(C)CO[C@@H](C4CCCC4)O[C@@H]3CC[C@@]2(C)[C@@H]1CCO.C=C1CCC2[C@]3(C)CO[C@@H](C4CCCC4)O[C@@H]3CC[C@@]2(C)[C@@H]1CCOc1cc(C#N)ccc1C(=O)O.C=C1CCC2[C@]3(C)CO[C@@H](C4CCCC4)O[C@@H]3CC[C@@]2(C)[C@@H]1CCOc1cc(C#N)ccc1C(=O)O.N#Cc1ccc(C(=O)O)c(F)c1. The molecule has 18 nitrogen and oxygen atoms in total. The van der Waals surface area contributed by atoms with Crippen molar-refractivity contribution in [2.45, 2.75) is 252 Å². The Morgan fingerprint density at radius 1 is 0.450 bits per heavy atom. The third-order valence-corrected chi connectivity index (χ3v) is 29.6. The van der Waals surface area contributed by atoms with Gasteiger partial charge in [0.1, 0.15) is 28.4 Å². The number of nitrogens with zero attached hydrogens (tertiary/aromatic N) is 3. The molecule has 4 N–H and O–H groups in total. The molecule has 3 aromatic rings. The van der Waals surface area contributed by atoms with Crippen LogP contribution in [0.3, 0.4) is 0 Å². The number of carbonyl (C=O) groups is 3. The fraction of sp³-hybridized carbons (Fsp3) is 0.667. The van der Waals surface area contributed by atoms with Crippen molar-refractivity contribution in [1.29, 1.82) is 15.8 Å². The van der Waals surface area contributed by atoms with Crippen molar-refractivity contribution >= 4 is 17.9 Å². The molecule has 18 atom stereocenters. The lowest BCUT2D eigenvalue weighted by atomic mass is 9.46. The molecule has 3 saturated heterocycles. The molecule has 0 amide bonds. The highest BCUT2D eigenvalue weighted by atomic mass is 19.1. The summed E-state index contributed by atoms with van der Waals surface area (Å²) < 4.78 is 63.9. The first-order valence-corrected chi connectivity index (χ1v) is 40.8. The summed E-state index contributed by atoms with van der Waals surface area (Å²) in [7, 11) is 0. The molecule has 9 saturated carbocycles. The van der Waals surface area contributed by atoms with Gasteiger partial charge >= 0.3 is 17.9 Å². The Kier molecular flexibility index (Phi) is 25.5. The maximum atomic E-state index is 12.8. The minimum absolute atomic E-state index is 0.0144. The molecule has 3 aromatic carbocycles. The van der Waals surface area contributed by atoms with Crippen molar-refractivity contribution in [3.8, 4) is 29.7 Å². The van der Waals surface area contributed by atoms with E-state index in [1.807, 2.05) is 0 Å². The van der Waals surface area contributed by atoms with Crippen LogP contribution in [0.1, 0.15) is 263 Å². The van der Waals surface area contributed by atoms with Gasteiger partial charge in [0.25, 0.3) is 0 Å². The molecular weight excluding hydrogens is 1380 g/mol. The van der Waals surface area contributed by atoms with Gasteiger partial charge in [-0.1, -0.05) is 117 Å². The quantitative estimate of drug-likeness (QED) is 0.0970. The van der Waals surface area contributed by atoms with Gasteiger partial charge in [-0.2, -0.15) is 15.8 Å². The second-order valence-corrected chi connectivity index (χ2v) is 35.8. The Morgan fingerprint density at radius 2 is 0.752 bits per heavy atom. The number of benzene rings is 3. The lowest BCUT2D eigenvalue weighted by molar-refractivity contribution is -0.316. The Bertz CT molecular complexity index is 3790. The summed E-state index contributed by atoms with van der Waals surface area (Å²) >= 11 is 0. The number of ether oxygens (including phenoxy) is 8. The summed E-state index contributed by atoms with van der Waals surface area (Å²) in [4.78, 5) is 33.6. The van der Waals surface area contributed by atoms with Gasteiger partial charge in [0.05, 0.1) is 91.8 Å². The van der Waals surface area contributed by atoms with E-state index in [1.54, 1.807) is 6.07 Å². The lowest BCUT2D eigenvalue weighted by Crippen LogP contribution is -2.62. The summed E-state index contributed by atoms with van der Waals surface area (Å²) in [5.41, 5.74) is 4.99. The normalized spacial score (nSPS) is 36.2. The number of halogens is 1. The summed E-state index contributed by atoms with van der Waals surface area (Å²) in [5, 5.41) is 63.9. The molecule has 590 valence electrons. The van der Waals surface area contributed by atoms with E-state index in [0.29, 0.717) is 71.9 Å². The third-order valence-electron chi connectivity index (χ3n) is 29.6. The second-order valence-electron chi connectivity index (χ2n) is 35.8. The minimum atomic E-state index is -1.34. The van der Waals surface area contributed by atoms with Crippen molar-refractivity contribution in [3.05, 3.63) is 130 Å². The smallest absolute Gasteiger partial charge is 0.339 e. The lowest BCUT2D eigenvalue weighted by Gasteiger charge is -2.63.